The van der Waals surface area contributed by atoms with Crippen molar-refractivity contribution in [2.24, 2.45) is 0 Å². The van der Waals surface area contributed by atoms with Crippen LogP contribution < -0.4 is 10.6 Å². The quantitative estimate of drug-likeness (QED) is 0.880. The van der Waals surface area contributed by atoms with Crippen molar-refractivity contribution < 1.29 is 9.59 Å². The van der Waals surface area contributed by atoms with Crippen LogP contribution in [-0.2, 0) is 9.59 Å². The van der Waals surface area contributed by atoms with Crippen LogP contribution in [-0.4, -0.2) is 29.4 Å². The van der Waals surface area contributed by atoms with E-state index in [9.17, 15) is 9.59 Å². The molecule has 19 heavy (non-hydrogen) atoms. The number of nitrogens with one attached hydrogen (secondary N) is 2. The molecule has 0 spiro atoms. The van der Waals surface area contributed by atoms with Crippen molar-refractivity contribution in [2.45, 2.75) is 25.4 Å². The van der Waals surface area contributed by atoms with Gasteiger partial charge < -0.3 is 10.6 Å². The topological polar surface area (TPSA) is 58.2 Å². The lowest BCUT2D eigenvalue weighted by atomic mass is 10.1. The molecule has 1 aromatic carbocycles. The first-order valence-electron chi connectivity index (χ1n) is 6.39. The number of carbonyl (C=O) groups is 2. The van der Waals surface area contributed by atoms with Gasteiger partial charge in [-0.2, -0.15) is 11.8 Å². The van der Waals surface area contributed by atoms with E-state index in [0.29, 0.717) is 12.2 Å². The molecule has 4 nitrogen and oxygen atoms in total. The van der Waals surface area contributed by atoms with Gasteiger partial charge in [-0.05, 0) is 12.5 Å². The molecule has 5 heteroatoms. The Kier molecular flexibility index (Phi) is 4.85. The highest BCUT2D eigenvalue weighted by atomic mass is 32.2. The summed E-state index contributed by atoms with van der Waals surface area (Å²) in [6.45, 7) is 1.94. The van der Waals surface area contributed by atoms with Gasteiger partial charge in [-0.25, -0.2) is 0 Å². The third kappa shape index (κ3) is 3.99. The van der Waals surface area contributed by atoms with Gasteiger partial charge in [0.1, 0.15) is 6.04 Å². The molecule has 0 aromatic heterocycles. The molecule has 1 fully saturated rings. The van der Waals surface area contributed by atoms with Crippen LogP contribution in [0.25, 0.3) is 0 Å². The fourth-order valence-electron chi connectivity index (χ4n) is 1.95. The molecule has 1 heterocycles. The van der Waals surface area contributed by atoms with Crippen molar-refractivity contribution in [2.75, 3.05) is 11.5 Å². The minimum atomic E-state index is -0.425. The van der Waals surface area contributed by atoms with Gasteiger partial charge in [0.05, 0.1) is 6.04 Å². The third-order valence-corrected chi connectivity index (χ3v) is 4.13. The van der Waals surface area contributed by atoms with E-state index in [4.69, 9.17) is 0 Å². The lowest BCUT2D eigenvalue weighted by molar-refractivity contribution is -0.128. The highest BCUT2D eigenvalue weighted by Gasteiger charge is 2.24. The monoisotopic (exact) mass is 278 g/mol. The van der Waals surface area contributed by atoms with Gasteiger partial charge in [-0.1, -0.05) is 30.3 Å². The Labute approximate surface area is 117 Å². The van der Waals surface area contributed by atoms with E-state index in [2.05, 4.69) is 10.6 Å². The summed E-state index contributed by atoms with van der Waals surface area (Å²) >= 11 is 1.63. The smallest absolute Gasteiger partial charge is 0.243 e. The Morgan fingerprint density at radius 3 is 2.89 bits per heavy atom. The van der Waals surface area contributed by atoms with E-state index in [1.807, 2.05) is 37.3 Å². The van der Waals surface area contributed by atoms with Crippen LogP contribution in [0.3, 0.4) is 0 Å². The molecule has 1 aromatic rings. The average molecular weight is 278 g/mol. The van der Waals surface area contributed by atoms with Crippen LogP contribution in [0.4, 0.5) is 0 Å². The van der Waals surface area contributed by atoms with Crippen molar-refractivity contribution in [1.82, 2.24) is 10.6 Å². The highest BCUT2D eigenvalue weighted by Crippen LogP contribution is 2.13. The first-order valence-corrected chi connectivity index (χ1v) is 7.54. The maximum atomic E-state index is 12.1. The van der Waals surface area contributed by atoms with Crippen LogP contribution in [0.15, 0.2) is 30.3 Å². The van der Waals surface area contributed by atoms with Crippen molar-refractivity contribution in [1.29, 1.82) is 0 Å². The van der Waals surface area contributed by atoms with Gasteiger partial charge in [0, 0.05) is 17.9 Å². The van der Waals surface area contributed by atoms with E-state index >= 15 is 0 Å². The number of carbonyl (C=O) groups excluding carboxylic acids is 2. The van der Waals surface area contributed by atoms with E-state index in [0.717, 1.165) is 11.3 Å². The van der Waals surface area contributed by atoms with Gasteiger partial charge in [-0.15, -0.1) is 0 Å². The molecule has 0 bridgehead atoms. The van der Waals surface area contributed by atoms with E-state index in [1.165, 1.54) is 0 Å². The molecule has 2 rings (SSSR count). The van der Waals surface area contributed by atoms with Gasteiger partial charge in [0.25, 0.3) is 0 Å². The second-order valence-electron chi connectivity index (χ2n) is 4.59. The van der Waals surface area contributed by atoms with E-state index in [1.54, 1.807) is 11.8 Å². The predicted octanol–water partition coefficient (Wildman–Crippen LogP) is 1.49. The second kappa shape index (κ2) is 6.61. The van der Waals surface area contributed by atoms with Crippen LogP contribution >= 0.6 is 11.8 Å². The first-order chi connectivity index (χ1) is 9.16. The summed E-state index contributed by atoms with van der Waals surface area (Å²) in [5.41, 5.74) is 1.06. The molecule has 1 aliphatic heterocycles. The minimum absolute atomic E-state index is 0.0440. The summed E-state index contributed by atoms with van der Waals surface area (Å²) < 4.78 is 0. The van der Waals surface area contributed by atoms with Crippen molar-refractivity contribution in [3.63, 3.8) is 0 Å². The molecule has 102 valence electrons. The van der Waals surface area contributed by atoms with E-state index in [-0.39, 0.29) is 17.9 Å². The van der Waals surface area contributed by atoms with Gasteiger partial charge >= 0.3 is 0 Å². The highest BCUT2D eigenvalue weighted by molar-refractivity contribution is 7.99. The summed E-state index contributed by atoms with van der Waals surface area (Å²) in [7, 11) is 0. The molecule has 2 N–H and O–H groups in total. The molecule has 1 saturated heterocycles. The van der Waals surface area contributed by atoms with Crippen LogP contribution in [0.2, 0.25) is 0 Å². The summed E-state index contributed by atoms with van der Waals surface area (Å²) in [5, 5.41) is 5.71. The first kappa shape index (κ1) is 13.9. The maximum Gasteiger partial charge on any atom is 0.243 e. The number of rotatable bonds is 3. The summed E-state index contributed by atoms with van der Waals surface area (Å²) in [6.07, 6.45) is 0.489. The van der Waals surface area contributed by atoms with Gasteiger partial charge in [0.15, 0.2) is 0 Å². The van der Waals surface area contributed by atoms with Crippen LogP contribution in [0, 0.1) is 0 Å². The van der Waals surface area contributed by atoms with Crippen LogP contribution in [0.5, 0.6) is 0 Å². The lowest BCUT2D eigenvalue weighted by Gasteiger charge is -2.19. The molecular formula is C14H18N2O2S. The zero-order valence-electron chi connectivity index (χ0n) is 10.9. The average Bonchev–Trinajstić information content (AvgIpc) is 2.64. The normalized spacial score (nSPS) is 21.1. The fourth-order valence-corrected chi connectivity index (χ4v) is 2.92. The Bertz CT molecular complexity index is 450. The zero-order valence-corrected chi connectivity index (χ0v) is 11.7. The Hall–Kier alpha value is -1.49. The van der Waals surface area contributed by atoms with Gasteiger partial charge in [0.2, 0.25) is 11.8 Å². The molecule has 2 unspecified atom stereocenters. The summed E-state index contributed by atoms with van der Waals surface area (Å²) in [4.78, 5) is 23.6. The Morgan fingerprint density at radius 1 is 1.42 bits per heavy atom. The van der Waals surface area contributed by atoms with Crippen molar-refractivity contribution >= 4 is 23.6 Å². The number of benzene rings is 1. The molecule has 1 aliphatic rings. The minimum Gasteiger partial charge on any atom is -0.348 e. The van der Waals surface area contributed by atoms with E-state index < -0.39 is 6.04 Å². The second-order valence-corrected chi connectivity index (χ2v) is 5.74. The Balaban J connectivity index is 1.94. The number of hydrogen-bond acceptors (Lipinski definition) is 3. The van der Waals surface area contributed by atoms with Crippen molar-refractivity contribution in [3.8, 4) is 0 Å². The standard InChI is InChI=1S/C14H18N2O2S/c1-10(11-5-3-2-4-6-11)15-14(18)12-9-19-8-7-13(17)16-12/h2-6,10,12H,7-9H2,1H3,(H,15,18)(H,16,17). The maximum absolute atomic E-state index is 12.1. The molecule has 2 amide bonds. The number of amides is 2. The molecule has 0 saturated carbocycles. The van der Waals surface area contributed by atoms with Crippen molar-refractivity contribution in [3.05, 3.63) is 35.9 Å². The molecular weight excluding hydrogens is 260 g/mol. The summed E-state index contributed by atoms with van der Waals surface area (Å²) in [5.74, 6) is 1.26. The molecule has 0 aliphatic carbocycles. The van der Waals surface area contributed by atoms with Gasteiger partial charge in [-0.3, -0.25) is 9.59 Å². The SMILES string of the molecule is CC(NC(=O)C1CSCCC(=O)N1)c1ccccc1. The number of thioether (sulfide) groups is 1. The lowest BCUT2D eigenvalue weighted by Crippen LogP contribution is -2.47. The predicted molar refractivity (Wildman–Crippen MR) is 76.9 cm³/mol. The molecule has 2 atom stereocenters. The Morgan fingerprint density at radius 2 is 2.16 bits per heavy atom. The largest absolute Gasteiger partial charge is 0.348 e. The molecule has 0 radical (unpaired) electrons. The van der Waals surface area contributed by atoms with Crippen LogP contribution in [0.1, 0.15) is 24.9 Å². The third-order valence-electron chi connectivity index (χ3n) is 3.07. The number of hydrogen-bond donors (Lipinski definition) is 2. The fraction of sp³-hybridized carbons (Fsp3) is 0.429. The summed E-state index contributed by atoms with van der Waals surface area (Å²) in [6, 6.07) is 9.31. The zero-order chi connectivity index (χ0) is 13.7.